The highest BCUT2D eigenvalue weighted by Gasteiger charge is 2.36. The molecule has 226 valence electrons. The number of ether oxygens (including phenoxy) is 1. The van der Waals surface area contributed by atoms with Crippen LogP contribution in [-0.2, 0) is 22.4 Å². The molecule has 0 aliphatic heterocycles. The van der Waals surface area contributed by atoms with Crippen LogP contribution >= 0.6 is 0 Å². The van der Waals surface area contributed by atoms with Crippen LogP contribution in [0.1, 0.15) is 60.1 Å². The summed E-state index contributed by atoms with van der Waals surface area (Å²) in [6.07, 6.45) is -0.847. The number of carbonyl (C=O) groups is 3. The molecule has 2 aromatic carbocycles. The summed E-state index contributed by atoms with van der Waals surface area (Å²) in [4.78, 5) is 38.9. The number of aliphatic hydroxyl groups is 1. The summed E-state index contributed by atoms with van der Waals surface area (Å²) in [6.45, 7) is 8.86. The Morgan fingerprint density at radius 1 is 0.905 bits per heavy atom. The number of aromatic nitrogens is 1. The Kier molecular flexibility index (Phi) is 11.3. The Morgan fingerprint density at radius 2 is 1.48 bits per heavy atom. The molecule has 42 heavy (non-hydrogen) atoms. The fourth-order valence-corrected chi connectivity index (χ4v) is 4.88. The van der Waals surface area contributed by atoms with Crippen molar-refractivity contribution >= 4 is 17.9 Å². The quantitative estimate of drug-likeness (QED) is 0.255. The van der Waals surface area contributed by atoms with E-state index < -0.39 is 41.6 Å². The zero-order valence-corrected chi connectivity index (χ0v) is 25.1. The molecule has 0 saturated carbocycles. The molecule has 4 atom stereocenters. The van der Waals surface area contributed by atoms with E-state index in [2.05, 4.69) is 21.1 Å². The van der Waals surface area contributed by atoms with Gasteiger partial charge in [0.1, 0.15) is 17.4 Å². The van der Waals surface area contributed by atoms with Gasteiger partial charge in [-0.1, -0.05) is 86.6 Å². The second-order valence-electron chi connectivity index (χ2n) is 11.6. The number of aryl methyl sites for hydroxylation is 2. The fraction of sp³-hybridized carbons (Fsp3) is 0.438. The molecule has 10 nitrogen and oxygen atoms in total. The van der Waals surface area contributed by atoms with Gasteiger partial charge in [0.25, 0.3) is 5.91 Å². The number of benzene rings is 2. The minimum Gasteiger partial charge on any atom is -0.453 e. The predicted molar refractivity (Wildman–Crippen MR) is 159 cm³/mol. The molecule has 0 radical (unpaired) electrons. The summed E-state index contributed by atoms with van der Waals surface area (Å²) in [6, 6.07) is 17.0. The number of nitrogens with zero attached hydrogens (tertiary/aromatic N) is 1. The monoisotopic (exact) mass is 578 g/mol. The summed E-state index contributed by atoms with van der Waals surface area (Å²) in [5.74, 6) is -0.394. The number of methoxy groups -OCH3 is 1. The molecule has 3 aromatic rings. The molecule has 1 aromatic heterocycles. The van der Waals surface area contributed by atoms with E-state index in [0.29, 0.717) is 29.9 Å². The first-order valence-corrected chi connectivity index (χ1v) is 14.0. The van der Waals surface area contributed by atoms with Crippen LogP contribution in [0.4, 0.5) is 4.79 Å². The highest BCUT2D eigenvalue weighted by Crippen LogP contribution is 2.21. The maximum atomic E-state index is 13.6. The van der Waals surface area contributed by atoms with Crippen molar-refractivity contribution < 1.29 is 28.8 Å². The van der Waals surface area contributed by atoms with Crippen LogP contribution < -0.4 is 16.0 Å². The second kappa shape index (κ2) is 14.6. The first-order valence-electron chi connectivity index (χ1n) is 14.0. The van der Waals surface area contributed by atoms with Crippen LogP contribution in [0, 0.1) is 19.3 Å². The molecule has 0 fully saturated rings. The lowest BCUT2D eigenvalue weighted by atomic mass is 9.85. The van der Waals surface area contributed by atoms with Crippen LogP contribution in [0.15, 0.2) is 65.2 Å². The highest BCUT2D eigenvalue weighted by atomic mass is 16.5. The van der Waals surface area contributed by atoms with Crippen LogP contribution in [0.25, 0.3) is 0 Å². The summed E-state index contributed by atoms with van der Waals surface area (Å²) >= 11 is 0. The number of aliphatic hydroxyl groups excluding tert-OH is 1. The number of amides is 3. The summed E-state index contributed by atoms with van der Waals surface area (Å²) in [5, 5.41) is 24.1. The Bertz CT molecular complexity index is 1300. The maximum Gasteiger partial charge on any atom is 0.407 e. The highest BCUT2D eigenvalue weighted by molar-refractivity contribution is 5.96. The van der Waals surface area contributed by atoms with Crippen molar-refractivity contribution in [1.82, 2.24) is 21.1 Å². The zero-order valence-electron chi connectivity index (χ0n) is 25.1. The van der Waals surface area contributed by atoms with Gasteiger partial charge in [-0.2, -0.15) is 0 Å². The first-order chi connectivity index (χ1) is 19.9. The Hall–Kier alpha value is -4.18. The molecule has 0 spiro atoms. The van der Waals surface area contributed by atoms with E-state index >= 15 is 0 Å². The average Bonchev–Trinajstić information content (AvgIpc) is 3.29. The largest absolute Gasteiger partial charge is 0.453 e. The van der Waals surface area contributed by atoms with Gasteiger partial charge in [0.15, 0.2) is 0 Å². The van der Waals surface area contributed by atoms with Gasteiger partial charge in [0.05, 0.1) is 24.9 Å². The maximum absolute atomic E-state index is 13.6. The number of nitrogens with one attached hydrogen (secondary N) is 3. The van der Waals surface area contributed by atoms with Gasteiger partial charge in [-0.25, -0.2) is 4.79 Å². The molecule has 0 aliphatic carbocycles. The van der Waals surface area contributed by atoms with Gasteiger partial charge >= 0.3 is 6.09 Å². The first kappa shape index (κ1) is 32.3. The number of rotatable bonds is 12. The molecule has 3 rings (SSSR count). The molecule has 0 aliphatic rings. The van der Waals surface area contributed by atoms with Crippen molar-refractivity contribution in [3.63, 3.8) is 0 Å². The lowest BCUT2D eigenvalue weighted by Gasteiger charge is -2.33. The SMILES string of the molecule is COC(=O)N[C@H](C(=O)N[C@@H](Cc1ccccc1)[C@@H](O)C[C@H](Cc1ccccc1)NC(=O)c1c(C)noc1C)C(C)(C)C. The van der Waals surface area contributed by atoms with E-state index in [1.54, 1.807) is 13.8 Å². The predicted octanol–water partition coefficient (Wildman–Crippen LogP) is 3.88. The van der Waals surface area contributed by atoms with E-state index in [0.717, 1.165) is 11.1 Å². The van der Waals surface area contributed by atoms with Gasteiger partial charge in [-0.05, 0) is 49.7 Å². The lowest BCUT2D eigenvalue weighted by Crippen LogP contribution is -2.58. The van der Waals surface area contributed by atoms with Gasteiger partial charge in [-0.3, -0.25) is 9.59 Å². The van der Waals surface area contributed by atoms with Crippen molar-refractivity contribution in [2.75, 3.05) is 7.11 Å². The van der Waals surface area contributed by atoms with Crippen LogP contribution in [0.2, 0.25) is 0 Å². The van der Waals surface area contributed by atoms with Crippen molar-refractivity contribution in [3.8, 4) is 0 Å². The standard InChI is InChI=1S/C32H42N4O6/c1-20-27(21(2)42-36-20)29(38)33-24(17-22-13-9-7-10-14-22)19-26(37)25(18-23-15-11-8-12-16-23)34-30(39)28(32(3,4)5)35-31(40)41-6/h7-16,24-26,28,37H,17-19H2,1-6H3,(H,33,38)(H,34,39)(H,35,40)/t24-,25-,26-,28+/m0/s1. The molecular formula is C32H42N4O6. The smallest absolute Gasteiger partial charge is 0.407 e. The van der Waals surface area contributed by atoms with Crippen molar-refractivity contribution in [2.45, 2.75) is 78.1 Å². The van der Waals surface area contributed by atoms with Crippen LogP contribution in [0.3, 0.4) is 0 Å². The molecule has 3 amide bonds. The van der Waals surface area contributed by atoms with Gasteiger partial charge < -0.3 is 30.3 Å². The van der Waals surface area contributed by atoms with E-state index in [1.807, 2.05) is 81.4 Å². The molecule has 0 saturated heterocycles. The fourth-order valence-electron chi connectivity index (χ4n) is 4.88. The summed E-state index contributed by atoms with van der Waals surface area (Å²) < 4.78 is 9.92. The minimum atomic E-state index is -1.05. The zero-order chi connectivity index (χ0) is 30.9. The molecule has 0 bridgehead atoms. The second-order valence-corrected chi connectivity index (χ2v) is 11.6. The Morgan fingerprint density at radius 3 is 1.98 bits per heavy atom. The molecular weight excluding hydrogens is 536 g/mol. The third-order valence-corrected chi connectivity index (χ3v) is 7.11. The molecule has 4 N–H and O–H groups in total. The lowest BCUT2D eigenvalue weighted by molar-refractivity contribution is -0.127. The third-order valence-electron chi connectivity index (χ3n) is 7.11. The Labute approximate surface area is 247 Å². The number of carbonyl (C=O) groups excluding carboxylic acids is 3. The van der Waals surface area contributed by atoms with Gasteiger partial charge in [0, 0.05) is 6.04 Å². The van der Waals surface area contributed by atoms with E-state index in [9.17, 15) is 19.5 Å². The normalized spacial score (nSPS) is 14.3. The van der Waals surface area contributed by atoms with Crippen molar-refractivity contribution in [3.05, 3.63) is 88.8 Å². The van der Waals surface area contributed by atoms with Gasteiger partial charge in [-0.15, -0.1) is 0 Å². The van der Waals surface area contributed by atoms with Crippen LogP contribution in [0.5, 0.6) is 0 Å². The van der Waals surface area contributed by atoms with E-state index in [-0.39, 0.29) is 12.3 Å². The van der Waals surface area contributed by atoms with Crippen molar-refractivity contribution in [2.24, 2.45) is 5.41 Å². The van der Waals surface area contributed by atoms with E-state index in [1.165, 1.54) is 7.11 Å². The third kappa shape index (κ3) is 9.17. The molecule has 10 heteroatoms. The Balaban J connectivity index is 1.88. The topological polar surface area (TPSA) is 143 Å². The van der Waals surface area contributed by atoms with E-state index in [4.69, 9.17) is 9.26 Å². The molecule has 0 unspecified atom stereocenters. The average molecular weight is 579 g/mol. The number of hydrogen-bond acceptors (Lipinski definition) is 7. The number of alkyl carbamates (subject to hydrolysis) is 1. The summed E-state index contributed by atoms with van der Waals surface area (Å²) in [5.41, 5.74) is 2.09. The van der Waals surface area contributed by atoms with Crippen LogP contribution in [-0.4, -0.2) is 59.5 Å². The minimum absolute atomic E-state index is 0.145. The number of hydrogen-bond donors (Lipinski definition) is 4. The molecule has 1 heterocycles. The summed E-state index contributed by atoms with van der Waals surface area (Å²) in [7, 11) is 1.23. The van der Waals surface area contributed by atoms with Gasteiger partial charge in [0.2, 0.25) is 5.91 Å². The van der Waals surface area contributed by atoms with Crippen molar-refractivity contribution in [1.29, 1.82) is 0 Å².